The number of benzene rings is 3. The normalized spacial score (nSPS) is 15.4. The summed E-state index contributed by atoms with van der Waals surface area (Å²) in [5, 5.41) is 12.1. The number of nitrogens with zero attached hydrogens (tertiary/aromatic N) is 1. The van der Waals surface area contributed by atoms with Gasteiger partial charge >= 0.3 is 5.97 Å². The molecule has 0 radical (unpaired) electrons. The highest BCUT2D eigenvalue weighted by Gasteiger charge is 2.37. The first-order chi connectivity index (χ1) is 17.4. The summed E-state index contributed by atoms with van der Waals surface area (Å²) in [5.74, 6) is -0.0441. The van der Waals surface area contributed by atoms with Gasteiger partial charge in [0.1, 0.15) is 24.0 Å². The van der Waals surface area contributed by atoms with Gasteiger partial charge in [0, 0.05) is 0 Å². The number of methoxy groups -OCH3 is 1. The molecule has 0 saturated carbocycles. The van der Waals surface area contributed by atoms with Gasteiger partial charge in [0.15, 0.2) is 11.5 Å². The molecule has 184 valence electrons. The van der Waals surface area contributed by atoms with Crippen LogP contribution in [-0.4, -0.2) is 19.7 Å². The van der Waals surface area contributed by atoms with Gasteiger partial charge < -0.3 is 24.7 Å². The Bertz CT molecular complexity index is 1430. The van der Waals surface area contributed by atoms with Crippen LogP contribution in [0.15, 0.2) is 77.4 Å². The monoisotopic (exact) mass is 596 g/mol. The van der Waals surface area contributed by atoms with E-state index in [9.17, 15) is 10.1 Å². The zero-order chi connectivity index (χ0) is 25.8. The summed E-state index contributed by atoms with van der Waals surface area (Å²) in [6.07, 6.45) is 0. The second kappa shape index (κ2) is 10.9. The fourth-order valence-electron chi connectivity index (χ4n) is 4.30. The number of rotatable bonds is 7. The molecule has 0 saturated heterocycles. The maximum Gasteiger partial charge on any atom is 0.338 e. The van der Waals surface area contributed by atoms with Crippen molar-refractivity contribution >= 4 is 39.3 Å². The minimum Gasteiger partial charge on any atom is -0.493 e. The lowest BCUT2D eigenvalue weighted by Gasteiger charge is -2.27. The highest BCUT2D eigenvalue weighted by atomic mass is 127. The third kappa shape index (κ3) is 4.84. The summed E-state index contributed by atoms with van der Waals surface area (Å²) in [7, 11) is 1.55. The Morgan fingerprint density at radius 1 is 1.19 bits per heavy atom. The van der Waals surface area contributed by atoms with Gasteiger partial charge in [-0.15, -0.1) is 0 Å². The lowest BCUT2D eigenvalue weighted by molar-refractivity contribution is -0.139. The van der Waals surface area contributed by atoms with Crippen molar-refractivity contribution in [3.63, 3.8) is 0 Å². The molecule has 36 heavy (non-hydrogen) atoms. The van der Waals surface area contributed by atoms with Gasteiger partial charge in [-0.25, -0.2) is 4.79 Å². The highest BCUT2D eigenvalue weighted by Crippen LogP contribution is 2.44. The fraction of sp³-hybridized carbons (Fsp3) is 0.214. The molecule has 0 bridgehead atoms. The van der Waals surface area contributed by atoms with E-state index in [-0.39, 0.29) is 23.6 Å². The van der Waals surface area contributed by atoms with E-state index in [2.05, 4.69) is 46.9 Å². The van der Waals surface area contributed by atoms with Crippen LogP contribution in [0.2, 0.25) is 0 Å². The standard InChI is InChI=1S/C28H25IN2O5/c1-4-34-28(32)24-16(2)36-27(31)21(14-30)25(24)19-12-22(29)26(23(13-19)33-3)35-15-18-10-7-9-17-8-5-6-11-20(17)18/h5-13,25H,4,15,31H2,1-3H3. The summed E-state index contributed by atoms with van der Waals surface area (Å²) in [5.41, 5.74) is 8.07. The number of esters is 1. The van der Waals surface area contributed by atoms with Crippen molar-refractivity contribution < 1.29 is 23.7 Å². The van der Waals surface area contributed by atoms with Crippen LogP contribution in [0.25, 0.3) is 10.8 Å². The maximum absolute atomic E-state index is 12.8. The molecule has 0 fully saturated rings. The lowest BCUT2D eigenvalue weighted by atomic mass is 9.83. The number of ether oxygens (including phenoxy) is 4. The molecule has 4 rings (SSSR count). The zero-order valence-electron chi connectivity index (χ0n) is 20.1. The van der Waals surface area contributed by atoms with E-state index in [1.54, 1.807) is 27.0 Å². The summed E-state index contributed by atoms with van der Waals surface area (Å²) in [4.78, 5) is 12.8. The SMILES string of the molecule is CCOC(=O)C1=C(C)OC(N)=C(C#N)C1c1cc(I)c(OCc2cccc3ccccc23)c(OC)c1. The van der Waals surface area contributed by atoms with E-state index in [1.807, 2.05) is 30.3 Å². The van der Waals surface area contributed by atoms with Crippen LogP contribution in [0, 0.1) is 14.9 Å². The van der Waals surface area contributed by atoms with E-state index < -0.39 is 11.9 Å². The predicted octanol–water partition coefficient (Wildman–Crippen LogP) is 5.68. The van der Waals surface area contributed by atoms with Crippen molar-refractivity contribution in [2.45, 2.75) is 26.4 Å². The lowest BCUT2D eigenvalue weighted by Crippen LogP contribution is -2.25. The third-order valence-corrected chi connectivity index (χ3v) is 6.74. The molecule has 7 nitrogen and oxygen atoms in total. The molecular formula is C28H25IN2O5. The number of halogens is 1. The smallest absolute Gasteiger partial charge is 0.338 e. The van der Waals surface area contributed by atoms with E-state index >= 15 is 0 Å². The summed E-state index contributed by atoms with van der Waals surface area (Å²) in [6.45, 7) is 3.87. The Morgan fingerprint density at radius 2 is 1.94 bits per heavy atom. The molecule has 0 aromatic heterocycles. The number of hydrogen-bond donors (Lipinski definition) is 1. The number of nitrogens with two attached hydrogens (primary N) is 1. The molecule has 1 heterocycles. The Labute approximate surface area is 223 Å². The molecule has 0 amide bonds. The van der Waals surface area contributed by atoms with Crippen molar-refractivity contribution in [3.05, 3.63) is 92.1 Å². The molecule has 1 aliphatic rings. The first kappa shape index (κ1) is 25.4. The number of fused-ring (bicyclic) bond motifs is 1. The quantitative estimate of drug-likeness (QED) is 0.277. The second-order valence-corrected chi connectivity index (χ2v) is 9.24. The Balaban J connectivity index is 1.74. The largest absolute Gasteiger partial charge is 0.493 e. The zero-order valence-corrected chi connectivity index (χ0v) is 22.3. The predicted molar refractivity (Wildman–Crippen MR) is 144 cm³/mol. The number of carbonyl (C=O) groups excluding carboxylic acids is 1. The van der Waals surface area contributed by atoms with Crippen LogP contribution < -0.4 is 15.2 Å². The van der Waals surface area contributed by atoms with Crippen molar-refractivity contribution in [2.24, 2.45) is 5.73 Å². The molecule has 1 aliphatic heterocycles. The Morgan fingerprint density at radius 3 is 2.67 bits per heavy atom. The van der Waals surface area contributed by atoms with Crippen molar-refractivity contribution in [2.75, 3.05) is 13.7 Å². The first-order valence-corrected chi connectivity index (χ1v) is 12.4. The first-order valence-electron chi connectivity index (χ1n) is 11.3. The van der Waals surface area contributed by atoms with E-state index in [4.69, 9.17) is 24.7 Å². The van der Waals surface area contributed by atoms with Crippen LogP contribution in [-0.2, 0) is 20.9 Å². The number of allylic oxidation sites excluding steroid dienone is 2. The van der Waals surface area contributed by atoms with E-state index in [0.717, 1.165) is 19.9 Å². The molecule has 8 heteroatoms. The molecule has 1 atom stereocenters. The van der Waals surface area contributed by atoms with E-state index in [1.165, 1.54) is 0 Å². The van der Waals surface area contributed by atoms with Gasteiger partial charge in [-0.2, -0.15) is 5.26 Å². The van der Waals surface area contributed by atoms with Crippen LogP contribution in [0.3, 0.4) is 0 Å². The third-order valence-electron chi connectivity index (χ3n) is 5.94. The second-order valence-electron chi connectivity index (χ2n) is 8.08. The molecular weight excluding hydrogens is 571 g/mol. The van der Waals surface area contributed by atoms with Crippen molar-refractivity contribution in [1.29, 1.82) is 5.26 Å². The molecule has 0 aliphatic carbocycles. The minimum absolute atomic E-state index is 0.0432. The maximum atomic E-state index is 12.8. The van der Waals surface area contributed by atoms with Gasteiger partial charge in [0.25, 0.3) is 0 Å². The van der Waals surface area contributed by atoms with Crippen LogP contribution >= 0.6 is 22.6 Å². The average molecular weight is 596 g/mol. The molecule has 0 spiro atoms. The summed E-state index contributed by atoms with van der Waals surface area (Å²) >= 11 is 2.16. The van der Waals surface area contributed by atoms with Gasteiger partial charge in [-0.3, -0.25) is 0 Å². The summed E-state index contributed by atoms with van der Waals surface area (Å²) < 4.78 is 23.4. The number of hydrogen-bond acceptors (Lipinski definition) is 7. The minimum atomic E-state index is -0.766. The Hall–Kier alpha value is -3.71. The number of nitriles is 1. The number of carbonyl (C=O) groups is 1. The molecule has 2 N–H and O–H groups in total. The van der Waals surface area contributed by atoms with Crippen LogP contribution in [0.1, 0.15) is 30.9 Å². The fourth-order valence-corrected chi connectivity index (χ4v) is 5.08. The van der Waals surface area contributed by atoms with E-state index in [0.29, 0.717) is 29.4 Å². The highest BCUT2D eigenvalue weighted by molar-refractivity contribution is 14.1. The average Bonchev–Trinajstić information content (AvgIpc) is 2.87. The Kier molecular flexibility index (Phi) is 7.70. The van der Waals surface area contributed by atoms with Crippen LogP contribution in [0.5, 0.6) is 11.5 Å². The molecule has 3 aromatic carbocycles. The van der Waals surface area contributed by atoms with Crippen LogP contribution in [0.4, 0.5) is 0 Å². The van der Waals surface area contributed by atoms with Gasteiger partial charge in [-0.05, 0) is 70.5 Å². The molecule has 1 unspecified atom stereocenters. The molecule has 3 aromatic rings. The summed E-state index contributed by atoms with van der Waals surface area (Å²) in [6, 6.07) is 19.9. The topological polar surface area (TPSA) is 104 Å². The van der Waals surface area contributed by atoms with Gasteiger partial charge in [0.2, 0.25) is 5.88 Å². The van der Waals surface area contributed by atoms with Crippen molar-refractivity contribution in [1.82, 2.24) is 0 Å². The van der Waals surface area contributed by atoms with Gasteiger partial charge in [0.05, 0.1) is 28.8 Å². The van der Waals surface area contributed by atoms with Crippen molar-refractivity contribution in [3.8, 4) is 17.6 Å². The van der Waals surface area contributed by atoms with Gasteiger partial charge in [-0.1, -0.05) is 42.5 Å².